The van der Waals surface area contributed by atoms with Crippen LogP contribution < -0.4 is 10.2 Å². The van der Waals surface area contributed by atoms with Gasteiger partial charge in [-0.15, -0.1) is 0 Å². The average molecular weight is 363 g/mol. The molecule has 0 radical (unpaired) electrons. The molecule has 3 rings (SSSR count). The van der Waals surface area contributed by atoms with E-state index in [0.29, 0.717) is 19.0 Å². The number of rotatable bonds is 7. The van der Waals surface area contributed by atoms with Crippen molar-refractivity contribution in [3.63, 3.8) is 0 Å². The third-order valence-electron chi connectivity index (χ3n) is 4.81. The summed E-state index contributed by atoms with van der Waals surface area (Å²) in [6.07, 6.45) is 3.86. The van der Waals surface area contributed by atoms with E-state index in [0.717, 1.165) is 45.1 Å². The van der Waals surface area contributed by atoms with Crippen LogP contribution in [0, 0.1) is 11.8 Å². The minimum absolute atomic E-state index is 0.0116. The van der Waals surface area contributed by atoms with E-state index in [2.05, 4.69) is 29.2 Å². The van der Waals surface area contributed by atoms with E-state index in [4.69, 9.17) is 4.74 Å². The molecule has 3 heterocycles. The largest absolute Gasteiger partial charge is 0.379 e. The van der Waals surface area contributed by atoms with E-state index in [9.17, 15) is 9.59 Å². The van der Waals surface area contributed by atoms with Gasteiger partial charge in [0.05, 0.1) is 31.0 Å². The summed E-state index contributed by atoms with van der Waals surface area (Å²) >= 11 is 0. The number of amides is 2. The highest BCUT2D eigenvalue weighted by molar-refractivity contribution is 6.00. The Labute approximate surface area is 154 Å². The molecule has 8 heteroatoms. The van der Waals surface area contributed by atoms with Crippen LogP contribution in [0.15, 0.2) is 12.4 Å². The predicted molar refractivity (Wildman–Crippen MR) is 97.8 cm³/mol. The molecule has 0 saturated carbocycles. The lowest BCUT2D eigenvalue weighted by Crippen LogP contribution is -2.42. The van der Waals surface area contributed by atoms with Crippen molar-refractivity contribution in [2.24, 2.45) is 11.8 Å². The van der Waals surface area contributed by atoms with E-state index in [1.807, 2.05) is 10.9 Å². The molecule has 1 N–H and O–H groups in total. The topological polar surface area (TPSA) is 79.7 Å². The molecule has 2 saturated heterocycles. The van der Waals surface area contributed by atoms with Gasteiger partial charge in [0.15, 0.2) is 0 Å². The van der Waals surface area contributed by atoms with Crippen LogP contribution in [0.4, 0.5) is 5.69 Å². The third-order valence-corrected chi connectivity index (χ3v) is 4.81. The molecule has 2 aliphatic heterocycles. The number of ether oxygens (including phenoxy) is 1. The maximum absolute atomic E-state index is 12.4. The first-order valence-corrected chi connectivity index (χ1v) is 9.43. The van der Waals surface area contributed by atoms with E-state index in [1.54, 1.807) is 11.1 Å². The Morgan fingerprint density at radius 3 is 2.88 bits per heavy atom. The number of carbonyl (C=O) groups is 2. The van der Waals surface area contributed by atoms with Gasteiger partial charge in [-0.1, -0.05) is 13.8 Å². The zero-order valence-corrected chi connectivity index (χ0v) is 15.7. The Morgan fingerprint density at radius 1 is 1.38 bits per heavy atom. The van der Waals surface area contributed by atoms with Crippen LogP contribution in [0.5, 0.6) is 0 Å². The smallest absolute Gasteiger partial charge is 0.227 e. The van der Waals surface area contributed by atoms with Gasteiger partial charge in [0.2, 0.25) is 11.8 Å². The normalized spacial score (nSPS) is 21.6. The molecular weight excluding hydrogens is 334 g/mol. The Morgan fingerprint density at radius 2 is 2.15 bits per heavy atom. The number of hydrogen-bond acceptors (Lipinski definition) is 5. The highest BCUT2D eigenvalue weighted by Crippen LogP contribution is 2.25. The number of nitrogens with zero attached hydrogens (tertiary/aromatic N) is 4. The zero-order valence-electron chi connectivity index (χ0n) is 15.7. The standard InChI is InChI=1S/C18H29N5O3/c1-14(2)11-22-13-16(10-20-22)23-12-15(9-17(23)24)18(25)19-3-4-21-5-7-26-8-6-21/h10,13-15H,3-9,11-12H2,1-2H3,(H,19,25). The van der Waals surface area contributed by atoms with Gasteiger partial charge < -0.3 is 15.0 Å². The summed E-state index contributed by atoms with van der Waals surface area (Å²) < 4.78 is 7.17. The van der Waals surface area contributed by atoms with Crippen molar-refractivity contribution >= 4 is 17.5 Å². The lowest BCUT2D eigenvalue weighted by atomic mass is 10.1. The van der Waals surface area contributed by atoms with E-state index in [-0.39, 0.29) is 24.2 Å². The van der Waals surface area contributed by atoms with Crippen molar-refractivity contribution in [2.75, 3.05) is 50.8 Å². The molecule has 1 unspecified atom stereocenters. The first-order valence-electron chi connectivity index (χ1n) is 9.43. The van der Waals surface area contributed by atoms with Gasteiger partial charge in [0, 0.05) is 51.9 Å². The fourth-order valence-electron chi connectivity index (χ4n) is 3.41. The Balaban J connectivity index is 1.47. The highest BCUT2D eigenvalue weighted by atomic mass is 16.5. The summed E-state index contributed by atoms with van der Waals surface area (Å²) in [5.74, 6) is 0.147. The minimum atomic E-state index is -0.291. The summed E-state index contributed by atoms with van der Waals surface area (Å²) in [5.41, 5.74) is 0.777. The highest BCUT2D eigenvalue weighted by Gasteiger charge is 2.35. The molecule has 0 aromatic carbocycles. The van der Waals surface area contributed by atoms with Gasteiger partial charge in [-0.2, -0.15) is 5.10 Å². The Bertz CT molecular complexity index is 624. The molecule has 26 heavy (non-hydrogen) atoms. The van der Waals surface area contributed by atoms with Crippen LogP contribution in [-0.4, -0.2) is 72.4 Å². The summed E-state index contributed by atoms with van der Waals surface area (Å²) in [4.78, 5) is 28.7. The van der Waals surface area contributed by atoms with Crippen molar-refractivity contribution in [3.8, 4) is 0 Å². The molecule has 0 aliphatic carbocycles. The second kappa shape index (κ2) is 8.64. The maximum Gasteiger partial charge on any atom is 0.227 e. The first-order chi connectivity index (χ1) is 12.5. The van der Waals surface area contributed by atoms with Crippen LogP contribution in [0.3, 0.4) is 0 Å². The quantitative estimate of drug-likeness (QED) is 0.756. The van der Waals surface area contributed by atoms with Crippen LogP contribution in [0.25, 0.3) is 0 Å². The fraction of sp³-hybridized carbons (Fsp3) is 0.722. The number of nitrogens with one attached hydrogen (secondary N) is 1. The fourth-order valence-corrected chi connectivity index (χ4v) is 3.41. The molecule has 1 aromatic rings. The lowest BCUT2D eigenvalue weighted by Gasteiger charge is -2.26. The third kappa shape index (κ3) is 4.82. The molecule has 2 aliphatic rings. The first kappa shape index (κ1) is 18.8. The Hall–Kier alpha value is -1.93. The number of carbonyl (C=O) groups excluding carboxylic acids is 2. The van der Waals surface area contributed by atoms with Crippen molar-refractivity contribution < 1.29 is 14.3 Å². The molecule has 144 valence electrons. The zero-order chi connectivity index (χ0) is 18.5. The molecule has 0 spiro atoms. The summed E-state index contributed by atoms with van der Waals surface area (Å²) in [5, 5.41) is 7.29. The summed E-state index contributed by atoms with van der Waals surface area (Å²) in [7, 11) is 0. The molecule has 1 atom stereocenters. The molecule has 1 aromatic heterocycles. The number of hydrogen-bond donors (Lipinski definition) is 1. The van der Waals surface area contributed by atoms with Crippen LogP contribution >= 0.6 is 0 Å². The lowest BCUT2D eigenvalue weighted by molar-refractivity contribution is -0.126. The summed E-state index contributed by atoms with van der Waals surface area (Å²) in [6, 6.07) is 0. The number of anilines is 1. The molecule has 8 nitrogen and oxygen atoms in total. The summed E-state index contributed by atoms with van der Waals surface area (Å²) in [6.45, 7) is 10.2. The predicted octanol–water partition coefficient (Wildman–Crippen LogP) is 0.340. The molecule has 0 bridgehead atoms. The van der Waals surface area contributed by atoms with Gasteiger partial charge >= 0.3 is 0 Å². The van der Waals surface area contributed by atoms with Gasteiger partial charge in [-0.05, 0) is 5.92 Å². The van der Waals surface area contributed by atoms with Gasteiger partial charge in [-0.3, -0.25) is 19.2 Å². The Kier molecular flexibility index (Phi) is 6.26. The van der Waals surface area contributed by atoms with Crippen molar-refractivity contribution in [1.82, 2.24) is 20.0 Å². The van der Waals surface area contributed by atoms with Crippen LogP contribution in [0.2, 0.25) is 0 Å². The van der Waals surface area contributed by atoms with Gasteiger partial charge in [0.1, 0.15) is 0 Å². The van der Waals surface area contributed by atoms with Gasteiger partial charge in [0.25, 0.3) is 0 Å². The minimum Gasteiger partial charge on any atom is -0.379 e. The number of morpholine rings is 1. The van der Waals surface area contributed by atoms with Gasteiger partial charge in [-0.25, -0.2) is 0 Å². The van der Waals surface area contributed by atoms with E-state index >= 15 is 0 Å². The van der Waals surface area contributed by atoms with E-state index in [1.165, 1.54) is 0 Å². The molecular formula is C18H29N5O3. The second-order valence-electron chi connectivity index (χ2n) is 7.46. The van der Waals surface area contributed by atoms with Crippen LogP contribution in [-0.2, 0) is 20.9 Å². The monoisotopic (exact) mass is 363 g/mol. The SMILES string of the molecule is CC(C)Cn1cc(N2CC(C(=O)NCCN3CCOCC3)CC2=O)cn1. The average Bonchev–Trinajstić information content (AvgIpc) is 3.21. The van der Waals surface area contributed by atoms with Crippen molar-refractivity contribution in [2.45, 2.75) is 26.8 Å². The van der Waals surface area contributed by atoms with Crippen LogP contribution in [0.1, 0.15) is 20.3 Å². The molecule has 2 fully saturated rings. The molecule has 2 amide bonds. The van der Waals surface area contributed by atoms with Crippen molar-refractivity contribution in [3.05, 3.63) is 12.4 Å². The van der Waals surface area contributed by atoms with Crippen molar-refractivity contribution in [1.29, 1.82) is 0 Å². The maximum atomic E-state index is 12.4. The van der Waals surface area contributed by atoms with E-state index < -0.39 is 0 Å². The second-order valence-corrected chi connectivity index (χ2v) is 7.46. The number of aromatic nitrogens is 2.